The number of hydrogen-bond donors (Lipinski definition) is 2. The highest BCUT2D eigenvalue weighted by Gasteiger charge is 2.39. The molecule has 1 heterocycles. The molecule has 3 N–H and O–H groups in total. The molecule has 1 fully saturated rings. The van der Waals surface area contributed by atoms with Crippen molar-refractivity contribution in [2.75, 3.05) is 40.4 Å². The third-order valence-corrected chi connectivity index (χ3v) is 4.00. The molecule has 5 heteroatoms. The summed E-state index contributed by atoms with van der Waals surface area (Å²) in [7, 11) is 4.07. The molecular weight excluding hydrogens is 254 g/mol. The number of nitrogens with zero attached hydrogens (tertiary/aromatic N) is 1. The molecule has 1 saturated heterocycles. The van der Waals surface area contributed by atoms with Crippen LogP contribution in [-0.2, 0) is 9.53 Å². The van der Waals surface area contributed by atoms with E-state index >= 15 is 0 Å². The van der Waals surface area contributed by atoms with Crippen molar-refractivity contribution in [1.82, 2.24) is 10.2 Å². The monoisotopic (exact) mass is 285 g/mol. The first-order valence-electron chi connectivity index (χ1n) is 7.63. The standard InChI is InChI=1S/C15H31N3O2/c1-12(2)9-13(10-18(3)4)17-14(19)15(11-16)5-7-20-8-6-15/h12-13H,5-11,16H2,1-4H3,(H,17,19). The van der Waals surface area contributed by atoms with E-state index in [4.69, 9.17) is 10.5 Å². The molecule has 1 atom stereocenters. The molecule has 0 aromatic heterocycles. The number of likely N-dealkylation sites (N-methyl/N-ethyl adjacent to an activating group) is 1. The zero-order valence-electron chi connectivity index (χ0n) is 13.4. The molecule has 5 nitrogen and oxygen atoms in total. The van der Waals surface area contributed by atoms with Crippen LogP contribution in [0.25, 0.3) is 0 Å². The van der Waals surface area contributed by atoms with E-state index in [1.807, 2.05) is 14.1 Å². The fourth-order valence-corrected chi connectivity index (χ4v) is 2.81. The van der Waals surface area contributed by atoms with Crippen LogP contribution in [0.3, 0.4) is 0 Å². The number of rotatable bonds is 7. The molecule has 0 spiro atoms. The van der Waals surface area contributed by atoms with Crippen molar-refractivity contribution in [2.24, 2.45) is 17.1 Å². The van der Waals surface area contributed by atoms with Crippen LogP contribution in [0, 0.1) is 11.3 Å². The van der Waals surface area contributed by atoms with Gasteiger partial charge in [0.15, 0.2) is 0 Å². The fraction of sp³-hybridized carbons (Fsp3) is 0.933. The van der Waals surface area contributed by atoms with E-state index in [-0.39, 0.29) is 11.9 Å². The van der Waals surface area contributed by atoms with E-state index in [9.17, 15) is 4.79 Å². The van der Waals surface area contributed by atoms with Crippen LogP contribution in [0.15, 0.2) is 0 Å². The third-order valence-electron chi connectivity index (χ3n) is 4.00. The Kier molecular flexibility index (Phi) is 6.92. The van der Waals surface area contributed by atoms with Gasteiger partial charge < -0.3 is 20.7 Å². The van der Waals surface area contributed by atoms with Gasteiger partial charge in [-0.25, -0.2) is 0 Å². The van der Waals surface area contributed by atoms with Crippen LogP contribution >= 0.6 is 0 Å². The number of amides is 1. The number of carbonyl (C=O) groups is 1. The van der Waals surface area contributed by atoms with Gasteiger partial charge in [-0.3, -0.25) is 4.79 Å². The normalized spacial score (nSPS) is 20.1. The van der Waals surface area contributed by atoms with Gasteiger partial charge >= 0.3 is 0 Å². The molecule has 0 saturated carbocycles. The number of carbonyl (C=O) groups excluding carboxylic acids is 1. The van der Waals surface area contributed by atoms with Gasteiger partial charge in [-0.15, -0.1) is 0 Å². The van der Waals surface area contributed by atoms with E-state index in [0.29, 0.717) is 25.7 Å². The molecule has 118 valence electrons. The van der Waals surface area contributed by atoms with Crippen LogP contribution in [-0.4, -0.2) is 57.2 Å². The number of hydrogen-bond acceptors (Lipinski definition) is 4. The Labute approximate surface area is 123 Å². The molecule has 1 amide bonds. The lowest BCUT2D eigenvalue weighted by molar-refractivity contribution is -0.136. The van der Waals surface area contributed by atoms with Crippen molar-refractivity contribution in [2.45, 2.75) is 39.2 Å². The summed E-state index contributed by atoms with van der Waals surface area (Å²) in [6, 6.07) is 0.184. The first kappa shape index (κ1) is 17.4. The van der Waals surface area contributed by atoms with Gasteiger partial charge in [0.05, 0.1) is 5.41 Å². The van der Waals surface area contributed by atoms with E-state index in [1.165, 1.54) is 0 Å². The summed E-state index contributed by atoms with van der Waals surface area (Å²) >= 11 is 0. The van der Waals surface area contributed by atoms with Crippen LogP contribution in [0.4, 0.5) is 0 Å². The highest BCUT2D eigenvalue weighted by atomic mass is 16.5. The predicted molar refractivity (Wildman–Crippen MR) is 81.5 cm³/mol. The highest BCUT2D eigenvalue weighted by Crippen LogP contribution is 2.29. The Balaban J connectivity index is 2.67. The lowest BCUT2D eigenvalue weighted by Gasteiger charge is -2.36. The van der Waals surface area contributed by atoms with Gasteiger partial charge in [-0.2, -0.15) is 0 Å². The summed E-state index contributed by atoms with van der Waals surface area (Å²) < 4.78 is 5.37. The SMILES string of the molecule is CC(C)CC(CN(C)C)NC(=O)C1(CN)CCOCC1. The van der Waals surface area contributed by atoms with Crippen molar-refractivity contribution < 1.29 is 9.53 Å². The number of ether oxygens (including phenoxy) is 1. The minimum absolute atomic E-state index is 0.107. The maximum atomic E-state index is 12.7. The van der Waals surface area contributed by atoms with E-state index in [0.717, 1.165) is 25.8 Å². The molecule has 20 heavy (non-hydrogen) atoms. The molecule has 0 bridgehead atoms. The van der Waals surface area contributed by atoms with Crippen LogP contribution < -0.4 is 11.1 Å². The average Bonchev–Trinajstić information content (AvgIpc) is 2.37. The van der Waals surface area contributed by atoms with Crippen molar-refractivity contribution in [3.63, 3.8) is 0 Å². The zero-order chi connectivity index (χ0) is 15.2. The summed E-state index contributed by atoms with van der Waals surface area (Å²) in [5.41, 5.74) is 5.46. The molecule has 0 aromatic rings. The second kappa shape index (κ2) is 7.96. The average molecular weight is 285 g/mol. The Bertz CT molecular complexity index is 289. The van der Waals surface area contributed by atoms with Gasteiger partial charge in [0.2, 0.25) is 5.91 Å². The summed E-state index contributed by atoms with van der Waals surface area (Å²) in [5, 5.41) is 3.22. The largest absolute Gasteiger partial charge is 0.381 e. The summed E-state index contributed by atoms with van der Waals surface area (Å²) in [6.45, 7) is 6.89. The van der Waals surface area contributed by atoms with Crippen LogP contribution in [0.5, 0.6) is 0 Å². The lowest BCUT2D eigenvalue weighted by atomic mass is 9.79. The molecule has 1 rings (SSSR count). The van der Waals surface area contributed by atoms with Gasteiger partial charge in [-0.05, 0) is 39.3 Å². The summed E-state index contributed by atoms with van der Waals surface area (Å²) in [5.74, 6) is 0.666. The Morgan fingerprint density at radius 1 is 1.35 bits per heavy atom. The summed E-state index contributed by atoms with van der Waals surface area (Å²) in [4.78, 5) is 14.8. The maximum Gasteiger partial charge on any atom is 0.227 e. The fourth-order valence-electron chi connectivity index (χ4n) is 2.81. The Morgan fingerprint density at radius 3 is 2.40 bits per heavy atom. The minimum atomic E-state index is -0.431. The first-order chi connectivity index (χ1) is 9.39. The molecule has 1 aliphatic heterocycles. The van der Waals surface area contributed by atoms with E-state index in [2.05, 4.69) is 24.1 Å². The van der Waals surface area contributed by atoms with Crippen molar-refractivity contribution in [3.8, 4) is 0 Å². The van der Waals surface area contributed by atoms with Gasteiger partial charge in [0, 0.05) is 32.3 Å². The van der Waals surface area contributed by atoms with Gasteiger partial charge in [0.25, 0.3) is 0 Å². The second-order valence-electron chi connectivity index (χ2n) is 6.66. The van der Waals surface area contributed by atoms with Crippen molar-refractivity contribution in [3.05, 3.63) is 0 Å². The van der Waals surface area contributed by atoms with Crippen LogP contribution in [0.2, 0.25) is 0 Å². The first-order valence-corrected chi connectivity index (χ1v) is 7.63. The van der Waals surface area contributed by atoms with Crippen molar-refractivity contribution in [1.29, 1.82) is 0 Å². The second-order valence-corrected chi connectivity index (χ2v) is 6.66. The minimum Gasteiger partial charge on any atom is -0.381 e. The lowest BCUT2D eigenvalue weighted by Crippen LogP contribution is -2.53. The molecule has 0 radical (unpaired) electrons. The Morgan fingerprint density at radius 2 is 1.95 bits per heavy atom. The molecule has 1 unspecified atom stereocenters. The zero-order valence-corrected chi connectivity index (χ0v) is 13.4. The Hall–Kier alpha value is -0.650. The maximum absolute atomic E-state index is 12.7. The molecular formula is C15H31N3O2. The number of nitrogens with two attached hydrogens (primary N) is 1. The van der Waals surface area contributed by atoms with Crippen molar-refractivity contribution >= 4 is 5.91 Å². The molecule has 0 aromatic carbocycles. The summed E-state index contributed by atoms with van der Waals surface area (Å²) in [6.07, 6.45) is 2.44. The van der Waals surface area contributed by atoms with Gasteiger partial charge in [-0.1, -0.05) is 13.8 Å². The van der Waals surface area contributed by atoms with Crippen LogP contribution in [0.1, 0.15) is 33.1 Å². The smallest absolute Gasteiger partial charge is 0.227 e. The molecule has 1 aliphatic rings. The third kappa shape index (κ3) is 5.04. The van der Waals surface area contributed by atoms with E-state index in [1.54, 1.807) is 0 Å². The quantitative estimate of drug-likeness (QED) is 0.727. The topological polar surface area (TPSA) is 67.6 Å². The highest BCUT2D eigenvalue weighted by molar-refractivity contribution is 5.83. The molecule has 0 aliphatic carbocycles. The predicted octanol–water partition coefficient (Wildman–Crippen LogP) is 0.834. The van der Waals surface area contributed by atoms with Gasteiger partial charge in [0.1, 0.15) is 0 Å². The number of nitrogens with one attached hydrogen (secondary N) is 1. The van der Waals surface area contributed by atoms with E-state index < -0.39 is 5.41 Å².